The van der Waals surface area contributed by atoms with Gasteiger partial charge >= 0.3 is 0 Å². The highest BCUT2D eigenvalue weighted by Gasteiger charge is 2.06. The molecule has 0 saturated carbocycles. The molecule has 1 aromatic carbocycles. The van der Waals surface area contributed by atoms with Crippen molar-refractivity contribution in [3.63, 3.8) is 0 Å². The van der Waals surface area contributed by atoms with Crippen LogP contribution in [-0.4, -0.2) is 78.3 Å². The molecule has 0 aliphatic rings. The largest absolute Gasteiger partial charge is 0.492 e. The number of likely N-dealkylation sites (N-methyl/N-ethyl adjacent to an activating group) is 1. The molecule has 1 aromatic rings. The number of ether oxygens (including phenoxy) is 2. The van der Waals surface area contributed by atoms with E-state index in [1.165, 1.54) is 18.4 Å². The van der Waals surface area contributed by atoms with Gasteiger partial charge in [0.2, 0.25) is 0 Å². The average Bonchev–Trinajstić information content (AvgIpc) is 2.55. The third-order valence-electron chi connectivity index (χ3n) is 3.21. The monoisotopic (exact) mass is 375 g/mol. The van der Waals surface area contributed by atoms with Crippen LogP contribution in [0.3, 0.4) is 0 Å². The van der Waals surface area contributed by atoms with E-state index in [1.807, 2.05) is 11.9 Å². The Morgan fingerprint density at radius 1 is 1.24 bits per heavy atom. The van der Waals surface area contributed by atoms with Gasteiger partial charge in [-0.2, -0.15) is 0 Å². The van der Waals surface area contributed by atoms with E-state index in [2.05, 4.69) is 10.3 Å². The number of halogens is 1. The van der Waals surface area contributed by atoms with Gasteiger partial charge in [-0.05, 0) is 24.3 Å². The normalized spacial score (nSPS) is 12.1. The summed E-state index contributed by atoms with van der Waals surface area (Å²) in [5.74, 6) is 1.00. The minimum Gasteiger partial charge on any atom is -0.492 e. The van der Waals surface area contributed by atoms with Gasteiger partial charge in [0.15, 0.2) is 5.96 Å². The molecule has 9 heteroatoms. The third kappa shape index (κ3) is 9.88. The summed E-state index contributed by atoms with van der Waals surface area (Å²) in [6.45, 7) is 2.09. The fourth-order valence-corrected chi connectivity index (χ4v) is 2.29. The molecule has 1 N–H and O–H groups in total. The Labute approximate surface area is 148 Å². The SMILES string of the molecule is CN=C(NCCOCCS(C)(=O)=O)N(C)CCOc1ccc(F)cc1. The van der Waals surface area contributed by atoms with Crippen molar-refractivity contribution in [3.8, 4) is 5.75 Å². The predicted octanol–water partition coefficient (Wildman–Crippen LogP) is 0.773. The maximum atomic E-state index is 12.8. The highest BCUT2D eigenvalue weighted by atomic mass is 32.2. The van der Waals surface area contributed by atoms with Gasteiger partial charge in [0, 0.05) is 26.9 Å². The van der Waals surface area contributed by atoms with Crippen molar-refractivity contribution in [2.75, 3.05) is 59.0 Å². The zero-order valence-electron chi connectivity index (χ0n) is 14.9. The molecule has 142 valence electrons. The molecule has 0 spiro atoms. The van der Waals surface area contributed by atoms with Gasteiger partial charge < -0.3 is 19.7 Å². The lowest BCUT2D eigenvalue weighted by molar-refractivity contribution is 0.153. The number of rotatable bonds is 10. The smallest absolute Gasteiger partial charge is 0.193 e. The van der Waals surface area contributed by atoms with E-state index in [1.54, 1.807) is 19.2 Å². The van der Waals surface area contributed by atoms with Gasteiger partial charge in [-0.15, -0.1) is 0 Å². The number of nitrogens with zero attached hydrogens (tertiary/aromatic N) is 2. The van der Waals surface area contributed by atoms with Crippen LogP contribution >= 0.6 is 0 Å². The molecule has 0 saturated heterocycles. The molecule has 0 radical (unpaired) electrons. The van der Waals surface area contributed by atoms with Gasteiger partial charge in [0.25, 0.3) is 0 Å². The first kappa shape index (κ1) is 21.2. The van der Waals surface area contributed by atoms with Gasteiger partial charge in [0.05, 0.1) is 25.5 Å². The zero-order valence-corrected chi connectivity index (χ0v) is 15.7. The lowest BCUT2D eigenvalue weighted by Gasteiger charge is -2.22. The molecule has 0 atom stereocenters. The average molecular weight is 375 g/mol. The van der Waals surface area contributed by atoms with Crippen molar-refractivity contribution >= 4 is 15.8 Å². The molecule has 0 aliphatic heterocycles. The fourth-order valence-electron chi connectivity index (χ4n) is 1.87. The summed E-state index contributed by atoms with van der Waals surface area (Å²) in [5.41, 5.74) is 0. The van der Waals surface area contributed by atoms with Crippen molar-refractivity contribution in [1.29, 1.82) is 0 Å². The quantitative estimate of drug-likeness (QED) is 0.370. The lowest BCUT2D eigenvalue weighted by Crippen LogP contribution is -2.42. The first-order valence-electron chi connectivity index (χ1n) is 7.87. The second kappa shape index (κ2) is 10.9. The molecule has 0 aliphatic carbocycles. The number of guanidine groups is 1. The maximum absolute atomic E-state index is 12.8. The Morgan fingerprint density at radius 3 is 2.52 bits per heavy atom. The van der Waals surface area contributed by atoms with Gasteiger partial charge in [-0.25, -0.2) is 12.8 Å². The fraction of sp³-hybridized carbons (Fsp3) is 0.562. The van der Waals surface area contributed by atoms with E-state index in [0.717, 1.165) is 0 Å². The molecule has 7 nitrogen and oxygen atoms in total. The highest BCUT2D eigenvalue weighted by molar-refractivity contribution is 7.90. The Morgan fingerprint density at radius 2 is 1.92 bits per heavy atom. The van der Waals surface area contributed by atoms with Crippen molar-refractivity contribution < 1.29 is 22.3 Å². The Balaban J connectivity index is 2.21. The number of hydrogen-bond acceptors (Lipinski definition) is 5. The van der Waals surface area contributed by atoms with Crippen LogP contribution in [0.1, 0.15) is 0 Å². The molecular weight excluding hydrogens is 349 g/mol. The molecule has 25 heavy (non-hydrogen) atoms. The second-order valence-corrected chi connectivity index (χ2v) is 7.70. The van der Waals surface area contributed by atoms with Gasteiger partial charge in [-0.3, -0.25) is 4.99 Å². The zero-order chi connectivity index (χ0) is 18.7. The Bertz CT molecular complexity index is 635. The first-order valence-corrected chi connectivity index (χ1v) is 9.93. The summed E-state index contributed by atoms with van der Waals surface area (Å²) in [5, 5.41) is 3.12. The van der Waals surface area contributed by atoms with E-state index in [9.17, 15) is 12.8 Å². The number of benzene rings is 1. The number of sulfone groups is 1. The summed E-state index contributed by atoms with van der Waals surface area (Å²) >= 11 is 0. The van der Waals surface area contributed by atoms with Crippen LogP contribution in [0.15, 0.2) is 29.3 Å². The van der Waals surface area contributed by atoms with Crippen molar-refractivity contribution in [1.82, 2.24) is 10.2 Å². The number of nitrogens with one attached hydrogen (secondary N) is 1. The van der Waals surface area contributed by atoms with E-state index >= 15 is 0 Å². The van der Waals surface area contributed by atoms with E-state index < -0.39 is 9.84 Å². The predicted molar refractivity (Wildman–Crippen MR) is 96.4 cm³/mol. The minimum atomic E-state index is -2.99. The summed E-state index contributed by atoms with van der Waals surface area (Å²) < 4.78 is 45.6. The van der Waals surface area contributed by atoms with E-state index in [-0.39, 0.29) is 18.2 Å². The summed E-state index contributed by atoms with van der Waals surface area (Å²) in [6, 6.07) is 5.86. The molecular formula is C16H26FN3O4S. The van der Waals surface area contributed by atoms with Crippen LogP contribution in [0.2, 0.25) is 0 Å². The molecule has 1 rings (SSSR count). The van der Waals surface area contributed by atoms with Gasteiger partial charge in [0.1, 0.15) is 28.0 Å². The highest BCUT2D eigenvalue weighted by Crippen LogP contribution is 2.10. The van der Waals surface area contributed by atoms with Crippen molar-refractivity contribution in [2.24, 2.45) is 4.99 Å². The van der Waals surface area contributed by atoms with Crippen LogP contribution in [0, 0.1) is 5.82 Å². The third-order valence-corrected chi connectivity index (χ3v) is 4.12. The van der Waals surface area contributed by atoms with Crippen molar-refractivity contribution in [3.05, 3.63) is 30.1 Å². The Kier molecular flexibility index (Phi) is 9.22. The maximum Gasteiger partial charge on any atom is 0.193 e. The molecule has 0 unspecified atom stereocenters. The lowest BCUT2D eigenvalue weighted by atomic mass is 10.3. The van der Waals surface area contributed by atoms with Crippen LogP contribution in [0.4, 0.5) is 4.39 Å². The molecule has 0 bridgehead atoms. The van der Waals surface area contributed by atoms with Gasteiger partial charge in [-0.1, -0.05) is 0 Å². The standard InChI is InChI=1S/C16H26FN3O4S/c1-18-16(19-8-10-23-12-13-25(3,21)22)20(2)9-11-24-15-6-4-14(17)5-7-15/h4-7H,8-13H2,1-3H3,(H,18,19). The van der Waals surface area contributed by atoms with Crippen LogP contribution in [0.25, 0.3) is 0 Å². The number of aliphatic imine (C=N–C) groups is 1. The summed E-state index contributed by atoms with van der Waals surface area (Å²) in [4.78, 5) is 6.05. The minimum absolute atomic E-state index is 0.0162. The van der Waals surface area contributed by atoms with Crippen LogP contribution in [-0.2, 0) is 14.6 Å². The topological polar surface area (TPSA) is 80.2 Å². The summed E-state index contributed by atoms with van der Waals surface area (Å²) in [7, 11) is 0.546. The number of hydrogen-bond donors (Lipinski definition) is 1. The van der Waals surface area contributed by atoms with E-state index in [0.29, 0.717) is 38.0 Å². The molecule has 0 heterocycles. The first-order chi connectivity index (χ1) is 11.8. The summed E-state index contributed by atoms with van der Waals surface area (Å²) in [6.07, 6.45) is 1.18. The van der Waals surface area contributed by atoms with Crippen LogP contribution in [0.5, 0.6) is 5.75 Å². The molecule has 0 amide bonds. The molecule has 0 fully saturated rings. The van der Waals surface area contributed by atoms with E-state index in [4.69, 9.17) is 9.47 Å². The Hall–Kier alpha value is -1.87. The van der Waals surface area contributed by atoms with Crippen LogP contribution < -0.4 is 10.1 Å². The molecule has 0 aromatic heterocycles. The second-order valence-electron chi connectivity index (χ2n) is 5.44. The van der Waals surface area contributed by atoms with Crippen molar-refractivity contribution in [2.45, 2.75) is 0 Å².